The first-order valence-corrected chi connectivity index (χ1v) is 3.85. The van der Waals surface area contributed by atoms with Gasteiger partial charge in [-0.3, -0.25) is 5.17 Å². The van der Waals surface area contributed by atoms with Crippen LogP contribution in [0.3, 0.4) is 0 Å². The van der Waals surface area contributed by atoms with Crippen molar-refractivity contribution < 1.29 is 5.17 Å². The summed E-state index contributed by atoms with van der Waals surface area (Å²) in [7, 11) is 0. The van der Waals surface area contributed by atoms with Gasteiger partial charge in [-0.1, -0.05) is 20.8 Å². The SMILES string of the molecule is CC[C@@H]1[NH+]([O-])NCC1(C)C. The van der Waals surface area contributed by atoms with Crippen molar-refractivity contribution in [1.29, 1.82) is 0 Å². The predicted octanol–water partition coefficient (Wildman–Crippen LogP) is -0.308. The Morgan fingerprint density at radius 2 is 2.30 bits per heavy atom. The molecule has 0 amide bonds. The largest absolute Gasteiger partial charge is 0.613 e. The number of quaternary nitrogens is 1. The van der Waals surface area contributed by atoms with Gasteiger partial charge in [0.05, 0.1) is 6.54 Å². The average molecular weight is 144 g/mol. The molecule has 3 heteroatoms. The first kappa shape index (κ1) is 7.98. The third-order valence-corrected chi connectivity index (χ3v) is 2.39. The highest BCUT2D eigenvalue weighted by Crippen LogP contribution is 2.21. The van der Waals surface area contributed by atoms with Crippen molar-refractivity contribution in [2.24, 2.45) is 5.41 Å². The number of rotatable bonds is 1. The normalized spacial score (nSPS) is 38.4. The molecule has 0 aliphatic carbocycles. The van der Waals surface area contributed by atoms with Gasteiger partial charge in [-0.15, -0.1) is 0 Å². The van der Waals surface area contributed by atoms with Crippen molar-refractivity contribution in [2.75, 3.05) is 6.54 Å². The van der Waals surface area contributed by atoms with E-state index in [0.717, 1.165) is 13.0 Å². The number of hydroxylamine groups is 1. The third-order valence-electron chi connectivity index (χ3n) is 2.39. The lowest BCUT2D eigenvalue weighted by atomic mass is 9.85. The maximum atomic E-state index is 11.1. The van der Waals surface area contributed by atoms with Crippen LogP contribution in [0.2, 0.25) is 0 Å². The zero-order valence-electron chi connectivity index (χ0n) is 6.90. The van der Waals surface area contributed by atoms with E-state index in [1.165, 1.54) is 0 Å². The van der Waals surface area contributed by atoms with Crippen molar-refractivity contribution in [3.63, 3.8) is 0 Å². The molecule has 3 nitrogen and oxygen atoms in total. The molecular formula is C7H16N2O. The van der Waals surface area contributed by atoms with E-state index >= 15 is 0 Å². The molecule has 1 aliphatic rings. The van der Waals surface area contributed by atoms with Crippen molar-refractivity contribution in [3.05, 3.63) is 5.21 Å². The lowest BCUT2D eigenvalue weighted by molar-refractivity contribution is -0.910. The molecule has 1 saturated heterocycles. The Morgan fingerprint density at radius 3 is 2.50 bits per heavy atom. The summed E-state index contributed by atoms with van der Waals surface area (Å²) in [5.74, 6) is 0. The molecule has 1 unspecified atom stereocenters. The van der Waals surface area contributed by atoms with Crippen LogP contribution in [-0.4, -0.2) is 12.6 Å². The summed E-state index contributed by atoms with van der Waals surface area (Å²) >= 11 is 0. The molecule has 1 rings (SSSR count). The number of hydrogen-bond acceptors (Lipinski definition) is 2. The molecule has 2 atom stereocenters. The highest BCUT2D eigenvalue weighted by molar-refractivity contribution is 4.81. The van der Waals surface area contributed by atoms with Crippen LogP contribution in [0.25, 0.3) is 0 Å². The summed E-state index contributed by atoms with van der Waals surface area (Å²) < 4.78 is 0. The summed E-state index contributed by atoms with van der Waals surface area (Å²) in [5, 5.41) is 11.3. The summed E-state index contributed by atoms with van der Waals surface area (Å²) in [6.07, 6.45) is 0.957. The van der Waals surface area contributed by atoms with Gasteiger partial charge in [0.2, 0.25) is 0 Å². The molecule has 60 valence electrons. The second-order valence-corrected chi connectivity index (χ2v) is 3.67. The Morgan fingerprint density at radius 1 is 1.70 bits per heavy atom. The quantitative estimate of drug-likeness (QED) is 0.496. The first-order valence-electron chi connectivity index (χ1n) is 3.85. The molecule has 0 bridgehead atoms. The molecule has 1 heterocycles. The topological polar surface area (TPSA) is 39.5 Å². The summed E-state index contributed by atoms with van der Waals surface area (Å²) in [6, 6.07) is 0.229. The Hall–Kier alpha value is -0.120. The van der Waals surface area contributed by atoms with E-state index in [1.54, 1.807) is 0 Å². The van der Waals surface area contributed by atoms with Gasteiger partial charge in [0, 0.05) is 5.41 Å². The van der Waals surface area contributed by atoms with Crippen molar-refractivity contribution in [1.82, 2.24) is 5.43 Å². The van der Waals surface area contributed by atoms with Crippen LogP contribution in [0, 0.1) is 10.6 Å². The Bertz CT molecular complexity index is 125. The molecule has 1 aliphatic heterocycles. The summed E-state index contributed by atoms with van der Waals surface area (Å²) in [4.78, 5) is 0. The van der Waals surface area contributed by atoms with Crippen LogP contribution in [0.4, 0.5) is 0 Å². The molecule has 10 heavy (non-hydrogen) atoms. The van der Waals surface area contributed by atoms with Gasteiger partial charge in [0.1, 0.15) is 6.04 Å². The van der Waals surface area contributed by atoms with Crippen LogP contribution < -0.4 is 10.6 Å². The van der Waals surface area contributed by atoms with Gasteiger partial charge in [-0.05, 0) is 6.42 Å². The van der Waals surface area contributed by atoms with Gasteiger partial charge in [0.25, 0.3) is 0 Å². The van der Waals surface area contributed by atoms with E-state index in [4.69, 9.17) is 0 Å². The minimum atomic E-state index is 0.172. The van der Waals surface area contributed by atoms with Crippen molar-refractivity contribution in [3.8, 4) is 0 Å². The highest BCUT2D eigenvalue weighted by atomic mass is 16.5. The van der Waals surface area contributed by atoms with E-state index < -0.39 is 0 Å². The minimum Gasteiger partial charge on any atom is -0.613 e. The Balaban J connectivity index is 2.63. The van der Waals surface area contributed by atoms with Gasteiger partial charge in [-0.2, -0.15) is 5.43 Å². The number of hydrogen-bond donors (Lipinski definition) is 2. The molecule has 0 aromatic carbocycles. The average Bonchev–Trinajstić information content (AvgIpc) is 2.07. The molecule has 0 aromatic heterocycles. The monoisotopic (exact) mass is 144 g/mol. The van der Waals surface area contributed by atoms with E-state index in [1.807, 2.05) is 0 Å². The van der Waals surface area contributed by atoms with Crippen LogP contribution >= 0.6 is 0 Å². The summed E-state index contributed by atoms with van der Waals surface area (Å²) in [6.45, 7) is 7.18. The van der Waals surface area contributed by atoms with E-state index in [9.17, 15) is 5.21 Å². The fourth-order valence-corrected chi connectivity index (χ4v) is 1.65. The maximum Gasteiger partial charge on any atom is 0.111 e. The second kappa shape index (κ2) is 2.49. The lowest BCUT2D eigenvalue weighted by Gasteiger charge is -2.28. The fraction of sp³-hybridized carbons (Fsp3) is 1.00. The number of nitrogens with one attached hydrogen (secondary N) is 2. The van der Waals surface area contributed by atoms with Crippen molar-refractivity contribution >= 4 is 0 Å². The Labute approximate surface area is 62.0 Å². The molecule has 0 aromatic rings. The second-order valence-electron chi connectivity index (χ2n) is 3.67. The van der Waals surface area contributed by atoms with E-state index in [2.05, 4.69) is 26.2 Å². The fourth-order valence-electron chi connectivity index (χ4n) is 1.65. The van der Waals surface area contributed by atoms with Gasteiger partial charge < -0.3 is 5.21 Å². The Kier molecular flexibility index (Phi) is 1.99. The van der Waals surface area contributed by atoms with E-state index in [-0.39, 0.29) is 16.6 Å². The molecule has 0 saturated carbocycles. The zero-order valence-corrected chi connectivity index (χ0v) is 6.90. The molecule has 0 radical (unpaired) electrons. The molecule has 2 N–H and O–H groups in total. The van der Waals surface area contributed by atoms with Gasteiger partial charge >= 0.3 is 0 Å². The maximum absolute atomic E-state index is 11.1. The molecule has 1 fully saturated rings. The third kappa shape index (κ3) is 1.17. The lowest BCUT2D eigenvalue weighted by Crippen LogP contribution is -3.15. The van der Waals surface area contributed by atoms with Gasteiger partial charge in [0.15, 0.2) is 0 Å². The predicted molar refractivity (Wildman–Crippen MR) is 40.2 cm³/mol. The first-order chi connectivity index (χ1) is 4.58. The van der Waals surface area contributed by atoms with Crippen LogP contribution in [-0.2, 0) is 0 Å². The molecule has 0 spiro atoms. The van der Waals surface area contributed by atoms with E-state index in [0.29, 0.717) is 0 Å². The van der Waals surface area contributed by atoms with Crippen molar-refractivity contribution in [2.45, 2.75) is 33.2 Å². The van der Waals surface area contributed by atoms with Crippen LogP contribution in [0.15, 0.2) is 0 Å². The molecular weight excluding hydrogens is 128 g/mol. The van der Waals surface area contributed by atoms with Crippen LogP contribution in [0.5, 0.6) is 0 Å². The standard InChI is InChI=1S/C7H16N2O/c1-4-6-7(2,3)5-8-9(6)10/h6,8-9H,4-5H2,1-3H3/t6-/m0/s1. The van der Waals surface area contributed by atoms with Gasteiger partial charge in [-0.25, -0.2) is 0 Å². The highest BCUT2D eigenvalue weighted by Gasteiger charge is 2.39. The zero-order chi connectivity index (χ0) is 7.78. The smallest absolute Gasteiger partial charge is 0.111 e. The van der Waals surface area contributed by atoms with Crippen LogP contribution in [0.1, 0.15) is 27.2 Å². The minimum absolute atomic E-state index is 0.172. The summed E-state index contributed by atoms with van der Waals surface area (Å²) in [5.41, 5.74) is 3.04.